The van der Waals surface area contributed by atoms with Crippen LogP contribution in [0.4, 0.5) is 4.39 Å². The lowest BCUT2D eigenvalue weighted by molar-refractivity contribution is -0.130. The summed E-state index contributed by atoms with van der Waals surface area (Å²) >= 11 is 0. The summed E-state index contributed by atoms with van der Waals surface area (Å²) in [6.07, 6.45) is 13.5. The number of halogens is 1. The van der Waals surface area contributed by atoms with Gasteiger partial charge >= 0.3 is 0 Å². The Kier molecular flexibility index (Phi) is 8.58. The third-order valence-electron chi connectivity index (χ3n) is 8.62. The average molecular weight is 513 g/mol. The van der Waals surface area contributed by atoms with Crippen LogP contribution in [-0.2, 0) is 4.79 Å². The van der Waals surface area contributed by atoms with Crippen molar-refractivity contribution in [3.05, 3.63) is 107 Å². The van der Waals surface area contributed by atoms with Crippen LogP contribution in [0.5, 0.6) is 0 Å². The van der Waals surface area contributed by atoms with Crippen LogP contribution in [0.25, 0.3) is 0 Å². The minimum atomic E-state index is -0.387. The number of hydrogen-bond acceptors (Lipinski definition) is 2. The molecule has 1 unspecified atom stereocenters. The largest absolute Gasteiger partial charge is 0.314 e. The molecule has 2 aliphatic heterocycles. The Morgan fingerprint density at radius 3 is 2.26 bits per heavy atom. The minimum Gasteiger partial charge on any atom is -0.314 e. The van der Waals surface area contributed by atoms with E-state index in [1.807, 2.05) is 47.4 Å². The van der Waals surface area contributed by atoms with Crippen LogP contribution < -0.4 is 0 Å². The fraction of sp³-hybridized carbons (Fsp3) is 0.441. The maximum atomic E-state index is 15.0. The second kappa shape index (κ2) is 12.3. The molecule has 0 N–H and O–H groups in total. The van der Waals surface area contributed by atoms with Crippen molar-refractivity contribution in [1.29, 1.82) is 0 Å². The first-order valence-electron chi connectivity index (χ1n) is 14.5. The first-order chi connectivity index (χ1) is 18.6. The molecule has 3 nitrogen and oxygen atoms in total. The lowest BCUT2D eigenvalue weighted by Crippen LogP contribution is -2.38. The van der Waals surface area contributed by atoms with E-state index < -0.39 is 0 Å². The van der Waals surface area contributed by atoms with Gasteiger partial charge in [0.1, 0.15) is 5.83 Å². The molecule has 2 aromatic carbocycles. The second-order valence-corrected chi connectivity index (χ2v) is 11.2. The molecule has 1 fully saturated rings. The smallest absolute Gasteiger partial charge is 0.238 e. The van der Waals surface area contributed by atoms with Gasteiger partial charge in [-0.25, -0.2) is 4.39 Å². The van der Waals surface area contributed by atoms with E-state index in [0.717, 1.165) is 61.2 Å². The SMILES string of the molecule is CCCN1CCCCCC2(CCC1)CN(C(=O)C(c1ccccc1)c1ccccc1)C1=C2C=C(F)C=CC1. The van der Waals surface area contributed by atoms with Gasteiger partial charge in [-0.1, -0.05) is 86.5 Å². The number of rotatable bonds is 5. The molecule has 5 rings (SSSR count). The molecule has 200 valence electrons. The third-order valence-corrected chi connectivity index (χ3v) is 8.62. The minimum absolute atomic E-state index is 0.0978. The van der Waals surface area contributed by atoms with Crippen molar-refractivity contribution < 1.29 is 9.18 Å². The molecule has 38 heavy (non-hydrogen) atoms. The summed E-state index contributed by atoms with van der Waals surface area (Å²) in [6, 6.07) is 20.2. The number of benzene rings is 2. The van der Waals surface area contributed by atoms with Gasteiger partial charge in [0.2, 0.25) is 5.91 Å². The van der Waals surface area contributed by atoms with Crippen LogP contribution in [0, 0.1) is 5.41 Å². The standard InChI is InChI=1S/C34H41FN2O/c1-2-22-36-23-11-5-10-20-34(21-13-24-36)26-37(31-19-12-18-29(35)25-30(31)34)33(38)32(27-14-6-3-7-15-27)28-16-8-4-9-17-28/h3-4,6-9,12,14-18,25,32H,2,5,10-11,13,19-24,26H2,1H3. The number of carbonyl (C=O) groups is 1. The van der Waals surface area contributed by atoms with Gasteiger partial charge in [0.15, 0.2) is 0 Å². The highest BCUT2D eigenvalue weighted by atomic mass is 19.1. The maximum absolute atomic E-state index is 15.0. The van der Waals surface area contributed by atoms with Crippen molar-refractivity contribution in [1.82, 2.24) is 9.80 Å². The normalized spacial score (nSPS) is 22.9. The monoisotopic (exact) mass is 512 g/mol. The second-order valence-electron chi connectivity index (χ2n) is 11.2. The van der Waals surface area contributed by atoms with E-state index in [2.05, 4.69) is 36.1 Å². The number of amides is 1. The van der Waals surface area contributed by atoms with E-state index in [1.54, 1.807) is 12.2 Å². The Morgan fingerprint density at radius 2 is 1.58 bits per heavy atom. The summed E-state index contributed by atoms with van der Waals surface area (Å²) in [5.74, 6) is -0.487. The van der Waals surface area contributed by atoms with Crippen LogP contribution in [0.15, 0.2) is 96.0 Å². The van der Waals surface area contributed by atoms with Gasteiger partial charge in [-0.05, 0) is 80.6 Å². The third kappa shape index (κ3) is 5.71. The predicted octanol–water partition coefficient (Wildman–Crippen LogP) is 7.78. The molecule has 1 aliphatic carbocycles. The fourth-order valence-corrected chi connectivity index (χ4v) is 6.82. The maximum Gasteiger partial charge on any atom is 0.238 e. The summed E-state index contributed by atoms with van der Waals surface area (Å²) < 4.78 is 15.0. The van der Waals surface area contributed by atoms with Crippen molar-refractivity contribution >= 4 is 5.91 Å². The van der Waals surface area contributed by atoms with E-state index in [4.69, 9.17) is 0 Å². The van der Waals surface area contributed by atoms with Gasteiger partial charge in [0, 0.05) is 24.1 Å². The van der Waals surface area contributed by atoms with E-state index in [1.165, 1.54) is 25.8 Å². The number of hydrogen-bond donors (Lipinski definition) is 0. The molecular formula is C34H41FN2O. The molecule has 2 aromatic rings. The van der Waals surface area contributed by atoms with Crippen LogP contribution in [-0.4, -0.2) is 41.9 Å². The molecule has 1 atom stereocenters. The Bertz CT molecular complexity index is 1150. The Balaban J connectivity index is 1.52. The van der Waals surface area contributed by atoms with Gasteiger partial charge in [0.25, 0.3) is 0 Å². The Labute approximate surface area is 227 Å². The molecule has 1 saturated heterocycles. The van der Waals surface area contributed by atoms with Crippen molar-refractivity contribution in [3.8, 4) is 0 Å². The zero-order valence-corrected chi connectivity index (χ0v) is 22.7. The zero-order chi connectivity index (χ0) is 26.4. The highest BCUT2D eigenvalue weighted by molar-refractivity contribution is 5.89. The molecular weight excluding hydrogens is 471 g/mol. The first kappa shape index (κ1) is 26.6. The Morgan fingerprint density at radius 1 is 0.921 bits per heavy atom. The van der Waals surface area contributed by atoms with Crippen molar-refractivity contribution in [2.75, 3.05) is 26.2 Å². The predicted molar refractivity (Wildman–Crippen MR) is 153 cm³/mol. The fourth-order valence-electron chi connectivity index (χ4n) is 6.82. The Hall–Kier alpha value is -2.98. The molecule has 0 aromatic heterocycles. The zero-order valence-electron chi connectivity index (χ0n) is 22.7. The lowest BCUT2D eigenvalue weighted by Gasteiger charge is -2.35. The van der Waals surface area contributed by atoms with Gasteiger partial charge < -0.3 is 9.80 Å². The summed E-state index contributed by atoms with van der Waals surface area (Å²) in [5.41, 5.74) is 3.87. The highest BCUT2D eigenvalue weighted by Gasteiger charge is 2.46. The molecule has 0 bridgehead atoms. The molecule has 4 heteroatoms. The summed E-state index contributed by atoms with van der Waals surface area (Å²) in [7, 11) is 0. The van der Waals surface area contributed by atoms with Crippen molar-refractivity contribution in [2.24, 2.45) is 5.41 Å². The average Bonchev–Trinajstić information content (AvgIpc) is 3.08. The summed E-state index contributed by atoms with van der Waals surface area (Å²) in [5, 5.41) is 0. The quantitative estimate of drug-likeness (QED) is 0.408. The van der Waals surface area contributed by atoms with E-state index in [0.29, 0.717) is 13.0 Å². The number of carbonyl (C=O) groups excluding carboxylic acids is 1. The molecule has 0 radical (unpaired) electrons. The molecule has 3 aliphatic rings. The van der Waals surface area contributed by atoms with E-state index >= 15 is 0 Å². The lowest BCUT2D eigenvalue weighted by atomic mass is 9.73. The molecule has 2 heterocycles. The molecule has 1 amide bonds. The van der Waals surface area contributed by atoms with Gasteiger partial charge in [-0.15, -0.1) is 0 Å². The van der Waals surface area contributed by atoms with Crippen LogP contribution in [0.1, 0.15) is 75.3 Å². The molecule has 1 spiro atoms. The van der Waals surface area contributed by atoms with Gasteiger partial charge in [-0.2, -0.15) is 0 Å². The summed E-state index contributed by atoms with van der Waals surface area (Å²) in [4.78, 5) is 19.2. The first-order valence-corrected chi connectivity index (χ1v) is 14.5. The molecule has 0 saturated carbocycles. The number of nitrogens with zero attached hydrogens (tertiary/aromatic N) is 2. The van der Waals surface area contributed by atoms with Gasteiger partial charge in [-0.3, -0.25) is 4.79 Å². The highest BCUT2D eigenvalue weighted by Crippen LogP contribution is 2.50. The van der Waals surface area contributed by atoms with Gasteiger partial charge in [0.05, 0.1) is 5.92 Å². The topological polar surface area (TPSA) is 23.6 Å². The number of fused-ring (bicyclic) bond motifs is 1. The van der Waals surface area contributed by atoms with Crippen LogP contribution in [0.2, 0.25) is 0 Å². The van der Waals surface area contributed by atoms with Crippen LogP contribution in [0.3, 0.4) is 0 Å². The van der Waals surface area contributed by atoms with E-state index in [-0.39, 0.29) is 23.1 Å². The van der Waals surface area contributed by atoms with Crippen molar-refractivity contribution in [3.63, 3.8) is 0 Å². The summed E-state index contributed by atoms with van der Waals surface area (Å²) in [6.45, 7) is 6.29. The number of allylic oxidation sites excluding steroid dienone is 4. The van der Waals surface area contributed by atoms with Crippen LogP contribution >= 0.6 is 0 Å². The van der Waals surface area contributed by atoms with Crippen molar-refractivity contribution in [2.45, 2.75) is 64.2 Å². The van der Waals surface area contributed by atoms with E-state index in [9.17, 15) is 9.18 Å².